The fraction of sp³-hybridized carbons (Fsp3) is 0.500. The first-order valence-electron chi connectivity index (χ1n) is 10.4. The van der Waals surface area contributed by atoms with Crippen molar-refractivity contribution in [2.24, 2.45) is 0 Å². The molecule has 0 spiro atoms. The lowest BCUT2D eigenvalue weighted by atomic mass is 10.1. The molecular weight excluding hydrogens is 350 g/mol. The Labute approximate surface area is 167 Å². The number of carbonyl (C=O) groups excluding carboxylic acids is 1. The van der Waals surface area contributed by atoms with Crippen molar-refractivity contribution in [2.45, 2.75) is 32.6 Å². The number of benzene rings is 1. The van der Waals surface area contributed by atoms with Gasteiger partial charge >= 0.3 is 0 Å². The third-order valence-corrected chi connectivity index (χ3v) is 5.71. The normalized spacial score (nSPS) is 18.1. The molecule has 6 heteroatoms. The van der Waals surface area contributed by atoms with E-state index < -0.39 is 0 Å². The second-order valence-electron chi connectivity index (χ2n) is 7.67. The van der Waals surface area contributed by atoms with E-state index in [9.17, 15) is 4.79 Å². The van der Waals surface area contributed by atoms with Crippen LogP contribution in [0.5, 0.6) is 0 Å². The summed E-state index contributed by atoms with van der Waals surface area (Å²) in [7, 11) is 0. The van der Waals surface area contributed by atoms with Gasteiger partial charge < -0.3 is 14.7 Å². The van der Waals surface area contributed by atoms with Crippen LogP contribution in [0.25, 0.3) is 11.3 Å². The minimum atomic E-state index is 0.151. The summed E-state index contributed by atoms with van der Waals surface area (Å²) in [4.78, 5) is 28.1. The van der Waals surface area contributed by atoms with Gasteiger partial charge in [0.2, 0.25) is 11.9 Å². The number of anilines is 2. The molecule has 1 amide bonds. The highest BCUT2D eigenvalue weighted by molar-refractivity contribution is 5.73. The van der Waals surface area contributed by atoms with Gasteiger partial charge in [-0.25, -0.2) is 4.98 Å². The zero-order valence-electron chi connectivity index (χ0n) is 16.7. The predicted octanol–water partition coefficient (Wildman–Crippen LogP) is 3.19. The molecule has 2 aromatic rings. The van der Waals surface area contributed by atoms with Gasteiger partial charge in [0.25, 0.3) is 0 Å². The number of aromatic nitrogens is 2. The van der Waals surface area contributed by atoms with Crippen LogP contribution in [0.4, 0.5) is 11.8 Å². The second kappa shape index (κ2) is 8.59. The summed E-state index contributed by atoms with van der Waals surface area (Å²) in [5.74, 6) is 1.96. The van der Waals surface area contributed by atoms with Crippen molar-refractivity contribution in [3.05, 3.63) is 36.4 Å². The third kappa shape index (κ3) is 4.26. The molecule has 0 saturated carbocycles. The Balaban J connectivity index is 1.65. The quantitative estimate of drug-likeness (QED) is 0.820. The lowest BCUT2D eigenvalue weighted by molar-refractivity contribution is -0.129. The number of hydrogen-bond acceptors (Lipinski definition) is 5. The number of piperazine rings is 1. The molecule has 2 saturated heterocycles. The maximum Gasteiger partial charge on any atom is 0.227 e. The van der Waals surface area contributed by atoms with Crippen molar-refractivity contribution in [3.63, 3.8) is 0 Å². The largest absolute Gasteiger partial charge is 0.353 e. The Hall–Kier alpha value is -2.63. The van der Waals surface area contributed by atoms with Crippen molar-refractivity contribution in [1.29, 1.82) is 0 Å². The van der Waals surface area contributed by atoms with E-state index >= 15 is 0 Å². The molecule has 1 aromatic heterocycles. The number of carbonyl (C=O) groups is 1. The lowest BCUT2D eigenvalue weighted by Gasteiger charge is -2.35. The Kier molecular flexibility index (Phi) is 5.74. The van der Waals surface area contributed by atoms with Gasteiger partial charge in [-0.05, 0) is 12.8 Å². The van der Waals surface area contributed by atoms with Crippen molar-refractivity contribution >= 4 is 17.7 Å². The minimum absolute atomic E-state index is 0.151. The highest BCUT2D eigenvalue weighted by Crippen LogP contribution is 2.26. The topological polar surface area (TPSA) is 52.6 Å². The molecule has 0 unspecified atom stereocenters. The summed E-state index contributed by atoms with van der Waals surface area (Å²) in [5, 5.41) is 0. The standard InChI is InChI=1S/C22H29N5O/c1-18(28)25-13-15-26(16-14-25)21-17-20(19-9-5-4-6-10-19)23-22(24-21)27-11-7-2-3-8-12-27/h4-6,9-10,17H,2-3,7-8,11-16H2,1H3. The van der Waals surface area contributed by atoms with Crippen molar-refractivity contribution in [2.75, 3.05) is 49.1 Å². The number of rotatable bonds is 3. The van der Waals surface area contributed by atoms with Crippen LogP contribution in [0.15, 0.2) is 36.4 Å². The Morgan fingerprint density at radius 2 is 1.50 bits per heavy atom. The van der Waals surface area contributed by atoms with E-state index in [0.717, 1.165) is 62.3 Å². The summed E-state index contributed by atoms with van der Waals surface area (Å²) in [5.41, 5.74) is 2.09. The van der Waals surface area contributed by atoms with Gasteiger partial charge in [-0.1, -0.05) is 43.2 Å². The van der Waals surface area contributed by atoms with Crippen LogP contribution in [0.3, 0.4) is 0 Å². The van der Waals surface area contributed by atoms with Crippen LogP contribution < -0.4 is 9.80 Å². The highest BCUT2D eigenvalue weighted by atomic mass is 16.2. The van der Waals surface area contributed by atoms with E-state index in [2.05, 4.69) is 28.0 Å². The maximum absolute atomic E-state index is 11.6. The average molecular weight is 380 g/mol. The molecule has 0 N–H and O–H groups in total. The summed E-state index contributed by atoms with van der Waals surface area (Å²) in [6.45, 7) is 6.81. The Bertz CT molecular complexity index is 794. The van der Waals surface area contributed by atoms with E-state index in [1.54, 1.807) is 6.92 Å². The lowest BCUT2D eigenvalue weighted by Crippen LogP contribution is -2.48. The molecular formula is C22H29N5O. The van der Waals surface area contributed by atoms with Crippen LogP contribution in [0, 0.1) is 0 Å². The summed E-state index contributed by atoms with van der Waals surface area (Å²) in [6.07, 6.45) is 4.97. The highest BCUT2D eigenvalue weighted by Gasteiger charge is 2.22. The zero-order valence-corrected chi connectivity index (χ0v) is 16.7. The molecule has 1 aromatic carbocycles. The summed E-state index contributed by atoms with van der Waals surface area (Å²) >= 11 is 0. The van der Waals surface area contributed by atoms with E-state index in [4.69, 9.17) is 9.97 Å². The average Bonchev–Trinajstić information content (AvgIpc) is 3.04. The van der Waals surface area contributed by atoms with Crippen molar-refractivity contribution in [3.8, 4) is 11.3 Å². The monoisotopic (exact) mass is 379 g/mol. The van der Waals surface area contributed by atoms with Crippen LogP contribution in [-0.2, 0) is 4.79 Å². The van der Waals surface area contributed by atoms with Gasteiger partial charge in [0.1, 0.15) is 5.82 Å². The molecule has 3 heterocycles. The van der Waals surface area contributed by atoms with Crippen LogP contribution in [-0.4, -0.2) is 60.0 Å². The fourth-order valence-electron chi connectivity index (χ4n) is 4.00. The SMILES string of the molecule is CC(=O)N1CCN(c2cc(-c3ccccc3)nc(N3CCCCCC3)n2)CC1. The Morgan fingerprint density at radius 1 is 0.821 bits per heavy atom. The molecule has 2 fully saturated rings. The first kappa shape index (κ1) is 18.7. The van der Waals surface area contributed by atoms with E-state index in [1.165, 1.54) is 25.7 Å². The molecule has 0 bridgehead atoms. The number of hydrogen-bond donors (Lipinski definition) is 0. The molecule has 0 aliphatic carbocycles. The van der Waals surface area contributed by atoms with E-state index in [1.807, 2.05) is 23.1 Å². The van der Waals surface area contributed by atoms with E-state index in [0.29, 0.717) is 0 Å². The molecule has 6 nitrogen and oxygen atoms in total. The van der Waals surface area contributed by atoms with Crippen molar-refractivity contribution < 1.29 is 4.79 Å². The summed E-state index contributed by atoms with van der Waals surface area (Å²) in [6, 6.07) is 12.4. The molecule has 148 valence electrons. The smallest absolute Gasteiger partial charge is 0.227 e. The van der Waals surface area contributed by atoms with E-state index in [-0.39, 0.29) is 5.91 Å². The fourth-order valence-corrected chi connectivity index (χ4v) is 4.00. The molecule has 4 rings (SSSR count). The number of nitrogens with zero attached hydrogens (tertiary/aromatic N) is 5. The molecule has 0 atom stereocenters. The van der Waals surface area contributed by atoms with Gasteiger partial charge in [-0.15, -0.1) is 0 Å². The third-order valence-electron chi connectivity index (χ3n) is 5.71. The summed E-state index contributed by atoms with van der Waals surface area (Å²) < 4.78 is 0. The predicted molar refractivity (Wildman–Crippen MR) is 113 cm³/mol. The first-order chi connectivity index (χ1) is 13.7. The van der Waals surface area contributed by atoms with Crippen molar-refractivity contribution in [1.82, 2.24) is 14.9 Å². The Morgan fingerprint density at radius 3 is 2.14 bits per heavy atom. The molecule has 2 aliphatic rings. The maximum atomic E-state index is 11.6. The first-order valence-corrected chi connectivity index (χ1v) is 10.4. The van der Waals surface area contributed by atoms with Gasteiger partial charge in [-0.2, -0.15) is 4.98 Å². The van der Waals surface area contributed by atoms with Gasteiger partial charge in [0, 0.05) is 57.8 Å². The minimum Gasteiger partial charge on any atom is -0.353 e. The van der Waals surface area contributed by atoms with Gasteiger partial charge in [0.05, 0.1) is 5.69 Å². The van der Waals surface area contributed by atoms with Crippen LogP contribution >= 0.6 is 0 Å². The molecule has 2 aliphatic heterocycles. The number of amides is 1. The van der Waals surface area contributed by atoms with Gasteiger partial charge in [-0.3, -0.25) is 4.79 Å². The molecule has 28 heavy (non-hydrogen) atoms. The zero-order chi connectivity index (χ0) is 19.3. The van der Waals surface area contributed by atoms with Crippen LogP contribution in [0.1, 0.15) is 32.6 Å². The second-order valence-corrected chi connectivity index (χ2v) is 7.67. The van der Waals surface area contributed by atoms with Gasteiger partial charge in [0.15, 0.2) is 0 Å². The van der Waals surface area contributed by atoms with Crippen LogP contribution in [0.2, 0.25) is 0 Å². The molecule has 0 radical (unpaired) electrons.